The third kappa shape index (κ3) is 3.37. The number of aromatic carboxylic acids is 1. The van der Waals surface area contributed by atoms with E-state index in [1.54, 1.807) is 0 Å². The Bertz CT molecular complexity index is 714. The fraction of sp³-hybridized carbons (Fsp3) is 0.0833. The number of ether oxygens (including phenoxy) is 1. The molecule has 0 unspecified atom stereocenters. The van der Waals surface area contributed by atoms with Gasteiger partial charge in [0.2, 0.25) is 5.75 Å². The zero-order valence-corrected chi connectivity index (χ0v) is 11.8. The number of hydrogen-bond donors (Lipinski definition) is 1. The van der Waals surface area contributed by atoms with Gasteiger partial charge in [0, 0.05) is 12.1 Å². The fourth-order valence-electron chi connectivity index (χ4n) is 1.49. The lowest BCUT2D eigenvalue weighted by Crippen LogP contribution is -2.00. The topological polar surface area (TPSA) is 103 Å². The molecule has 2 aromatic rings. The van der Waals surface area contributed by atoms with Crippen molar-refractivity contribution < 1.29 is 28.4 Å². The van der Waals surface area contributed by atoms with Crippen molar-refractivity contribution in [2.24, 2.45) is 0 Å². The van der Waals surface area contributed by atoms with E-state index >= 15 is 0 Å². The van der Waals surface area contributed by atoms with E-state index in [1.807, 2.05) is 0 Å². The van der Waals surface area contributed by atoms with Crippen LogP contribution in [0.4, 0.5) is 10.1 Å². The number of carboxylic acids is 1. The summed E-state index contributed by atoms with van der Waals surface area (Å²) in [6.45, 7) is -0.269. The van der Waals surface area contributed by atoms with Gasteiger partial charge in [-0.1, -0.05) is 0 Å². The lowest BCUT2D eigenvalue weighted by atomic mass is 10.3. The number of furan rings is 1. The number of carbonyl (C=O) groups is 1. The number of nitro benzene ring substituents is 1. The summed E-state index contributed by atoms with van der Waals surface area (Å²) in [6, 6.07) is 3.06. The summed E-state index contributed by atoms with van der Waals surface area (Å²) < 4.78 is 23.4. The van der Waals surface area contributed by atoms with Crippen molar-refractivity contribution in [1.82, 2.24) is 0 Å². The summed E-state index contributed by atoms with van der Waals surface area (Å²) in [4.78, 5) is 20.8. The van der Waals surface area contributed by atoms with Crippen LogP contribution in [-0.4, -0.2) is 16.0 Å². The number of nitrogens with zero attached hydrogens (tertiary/aromatic N) is 1. The first kappa shape index (κ1) is 15.0. The predicted molar refractivity (Wildman–Crippen MR) is 70.8 cm³/mol. The highest BCUT2D eigenvalue weighted by atomic mass is 79.9. The van der Waals surface area contributed by atoms with Gasteiger partial charge in [0.05, 0.1) is 15.0 Å². The van der Waals surface area contributed by atoms with E-state index in [2.05, 4.69) is 15.9 Å². The monoisotopic (exact) mass is 359 g/mol. The second-order valence-electron chi connectivity index (χ2n) is 3.89. The Morgan fingerprint density at radius 3 is 2.76 bits per heavy atom. The van der Waals surface area contributed by atoms with Gasteiger partial charge < -0.3 is 14.3 Å². The SMILES string of the molecule is O=C(O)c1coc(COc2cc(F)c(Br)cc2[N+](=O)[O-])c1. The van der Waals surface area contributed by atoms with E-state index in [-0.39, 0.29) is 28.2 Å². The number of halogens is 2. The molecule has 0 aliphatic heterocycles. The van der Waals surface area contributed by atoms with Gasteiger partial charge in [0.1, 0.15) is 24.4 Å². The van der Waals surface area contributed by atoms with E-state index < -0.39 is 22.4 Å². The smallest absolute Gasteiger partial charge is 0.338 e. The highest BCUT2D eigenvalue weighted by Gasteiger charge is 2.19. The molecule has 21 heavy (non-hydrogen) atoms. The Balaban J connectivity index is 2.20. The Morgan fingerprint density at radius 2 is 2.19 bits per heavy atom. The summed E-state index contributed by atoms with van der Waals surface area (Å²) in [5.41, 5.74) is -0.502. The summed E-state index contributed by atoms with van der Waals surface area (Å²) in [5.74, 6) is -2.04. The van der Waals surface area contributed by atoms with Crippen LogP contribution in [0.25, 0.3) is 0 Å². The van der Waals surface area contributed by atoms with Gasteiger partial charge in [-0.05, 0) is 22.0 Å². The van der Waals surface area contributed by atoms with E-state index in [0.29, 0.717) is 0 Å². The van der Waals surface area contributed by atoms with Crippen molar-refractivity contribution in [3.63, 3.8) is 0 Å². The number of benzene rings is 1. The minimum absolute atomic E-state index is 0.0623. The highest BCUT2D eigenvalue weighted by Crippen LogP contribution is 2.33. The third-order valence-electron chi connectivity index (χ3n) is 2.47. The quantitative estimate of drug-likeness (QED) is 0.648. The number of rotatable bonds is 5. The van der Waals surface area contributed by atoms with E-state index in [9.17, 15) is 19.3 Å². The standard InChI is InChI=1S/C12H7BrFNO6/c13-8-2-10(15(18)19)11(3-9(8)14)21-5-7-1-6(4-20-7)12(16)17/h1-4H,5H2,(H,16,17). The van der Waals surface area contributed by atoms with Crippen molar-refractivity contribution >= 4 is 27.6 Å². The molecule has 0 aliphatic carbocycles. The molecule has 1 heterocycles. The Kier molecular flexibility index (Phi) is 4.22. The molecule has 0 fully saturated rings. The van der Waals surface area contributed by atoms with E-state index in [1.165, 1.54) is 6.07 Å². The highest BCUT2D eigenvalue weighted by molar-refractivity contribution is 9.10. The van der Waals surface area contributed by atoms with E-state index in [0.717, 1.165) is 18.4 Å². The van der Waals surface area contributed by atoms with Crippen LogP contribution in [-0.2, 0) is 6.61 Å². The average molecular weight is 360 g/mol. The van der Waals surface area contributed by atoms with Crippen LogP contribution in [0.3, 0.4) is 0 Å². The maximum absolute atomic E-state index is 13.4. The van der Waals surface area contributed by atoms with Crippen LogP contribution >= 0.6 is 15.9 Å². The molecule has 9 heteroatoms. The van der Waals surface area contributed by atoms with Crippen LogP contribution in [0.15, 0.2) is 33.4 Å². The molecule has 0 aliphatic rings. The number of carboxylic acid groups (broad SMARTS) is 1. The number of nitro groups is 1. The van der Waals surface area contributed by atoms with Gasteiger partial charge in [0.25, 0.3) is 0 Å². The minimum atomic E-state index is -1.18. The molecule has 0 amide bonds. The van der Waals surface area contributed by atoms with Crippen molar-refractivity contribution in [2.75, 3.05) is 0 Å². The van der Waals surface area contributed by atoms with Crippen molar-refractivity contribution in [2.45, 2.75) is 6.61 Å². The molecule has 0 radical (unpaired) electrons. The summed E-state index contributed by atoms with van der Waals surface area (Å²) in [7, 11) is 0. The van der Waals surface area contributed by atoms with Crippen LogP contribution in [0.2, 0.25) is 0 Å². The molecule has 7 nitrogen and oxygen atoms in total. The van der Waals surface area contributed by atoms with Crippen molar-refractivity contribution in [1.29, 1.82) is 0 Å². The van der Waals surface area contributed by atoms with Gasteiger partial charge >= 0.3 is 11.7 Å². The molecule has 1 N–H and O–H groups in total. The molecule has 1 aromatic carbocycles. The summed E-state index contributed by atoms with van der Waals surface area (Å²) in [6.07, 6.45) is 1.01. The lowest BCUT2D eigenvalue weighted by Gasteiger charge is -2.06. The molecule has 0 bridgehead atoms. The van der Waals surface area contributed by atoms with Crippen LogP contribution in [0.5, 0.6) is 5.75 Å². The fourth-order valence-corrected chi connectivity index (χ4v) is 1.83. The molecule has 2 rings (SSSR count). The van der Waals surface area contributed by atoms with Gasteiger partial charge in [-0.25, -0.2) is 9.18 Å². The first-order valence-corrected chi connectivity index (χ1v) is 6.24. The molecule has 1 aromatic heterocycles. The summed E-state index contributed by atoms with van der Waals surface area (Å²) >= 11 is 2.85. The van der Waals surface area contributed by atoms with Gasteiger partial charge in [-0.15, -0.1) is 0 Å². The minimum Gasteiger partial charge on any atom is -0.479 e. The third-order valence-corrected chi connectivity index (χ3v) is 3.08. The largest absolute Gasteiger partial charge is 0.479 e. The number of hydrogen-bond acceptors (Lipinski definition) is 5. The second kappa shape index (κ2) is 5.92. The Hall–Kier alpha value is -2.42. The molecule has 0 spiro atoms. The summed E-state index contributed by atoms with van der Waals surface area (Å²) in [5, 5.41) is 19.6. The maximum atomic E-state index is 13.4. The lowest BCUT2D eigenvalue weighted by molar-refractivity contribution is -0.386. The van der Waals surface area contributed by atoms with Crippen LogP contribution in [0, 0.1) is 15.9 Å². The molecule has 110 valence electrons. The van der Waals surface area contributed by atoms with Crippen LogP contribution in [0.1, 0.15) is 16.1 Å². The maximum Gasteiger partial charge on any atom is 0.338 e. The predicted octanol–water partition coefficient (Wildman–Crippen LogP) is 3.37. The van der Waals surface area contributed by atoms with Gasteiger partial charge in [0.15, 0.2) is 0 Å². The molecule has 0 saturated carbocycles. The second-order valence-corrected chi connectivity index (χ2v) is 4.74. The normalized spacial score (nSPS) is 10.4. The molecular weight excluding hydrogens is 353 g/mol. The zero-order valence-electron chi connectivity index (χ0n) is 10.2. The molecule has 0 saturated heterocycles. The first-order chi connectivity index (χ1) is 9.88. The average Bonchev–Trinajstić information content (AvgIpc) is 2.88. The van der Waals surface area contributed by atoms with Crippen molar-refractivity contribution in [3.05, 3.63) is 56.2 Å². The van der Waals surface area contributed by atoms with Gasteiger partial charge in [-0.3, -0.25) is 10.1 Å². The van der Waals surface area contributed by atoms with Crippen molar-refractivity contribution in [3.8, 4) is 5.75 Å². The van der Waals surface area contributed by atoms with Gasteiger partial charge in [-0.2, -0.15) is 0 Å². The Morgan fingerprint density at radius 1 is 1.48 bits per heavy atom. The first-order valence-electron chi connectivity index (χ1n) is 5.45. The Labute approximate surface area is 125 Å². The van der Waals surface area contributed by atoms with Crippen LogP contribution < -0.4 is 4.74 Å². The zero-order chi connectivity index (χ0) is 15.6. The molecular formula is C12H7BrFNO6. The van der Waals surface area contributed by atoms with E-state index in [4.69, 9.17) is 14.3 Å². The molecule has 0 atom stereocenters.